The number of hydrogen-bond donors (Lipinski definition) is 0. The average Bonchev–Trinajstić information content (AvgIpc) is 3.23. The number of imidazole rings is 1. The van der Waals surface area contributed by atoms with E-state index in [9.17, 15) is 4.79 Å². The normalized spacial score (nSPS) is 18.0. The largest absolute Gasteiger partial charge is 0.337 e. The van der Waals surface area contributed by atoms with E-state index in [1.54, 1.807) is 16.7 Å². The van der Waals surface area contributed by atoms with Gasteiger partial charge in [0.15, 0.2) is 0 Å². The van der Waals surface area contributed by atoms with Crippen LogP contribution in [0.3, 0.4) is 0 Å². The molecule has 5 nitrogen and oxygen atoms in total. The number of hydrogen-bond acceptors (Lipinski definition) is 3. The Kier molecular flexibility index (Phi) is 3.11. The van der Waals surface area contributed by atoms with Crippen molar-refractivity contribution in [2.24, 2.45) is 0 Å². The summed E-state index contributed by atoms with van der Waals surface area (Å²) in [7, 11) is 0. The molecule has 1 saturated heterocycles. The molecule has 0 N–H and O–H groups in total. The van der Waals surface area contributed by atoms with Crippen LogP contribution < -0.4 is 0 Å². The molecule has 0 saturated carbocycles. The molecule has 110 valence electrons. The van der Waals surface area contributed by atoms with Crippen molar-refractivity contribution in [3.63, 3.8) is 0 Å². The van der Waals surface area contributed by atoms with Gasteiger partial charge in [0, 0.05) is 37.6 Å². The van der Waals surface area contributed by atoms with E-state index in [-0.39, 0.29) is 5.91 Å². The molecule has 1 fully saturated rings. The molecular formula is C17H16N4O. The van der Waals surface area contributed by atoms with Crippen LogP contribution in [-0.2, 0) is 0 Å². The Labute approximate surface area is 128 Å². The first kappa shape index (κ1) is 13.0. The SMILES string of the molecule is O=C(c1ccn2ccnc2n1)N1CCC(c2ccccc2)C1. The van der Waals surface area contributed by atoms with Gasteiger partial charge in [0.25, 0.3) is 5.91 Å². The molecule has 1 amide bonds. The monoisotopic (exact) mass is 292 g/mol. The lowest BCUT2D eigenvalue weighted by Crippen LogP contribution is -2.29. The highest BCUT2D eigenvalue weighted by molar-refractivity contribution is 5.92. The average molecular weight is 292 g/mol. The van der Waals surface area contributed by atoms with Crippen molar-refractivity contribution in [3.8, 4) is 0 Å². The predicted molar refractivity (Wildman–Crippen MR) is 82.7 cm³/mol. The molecule has 3 heterocycles. The highest BCUT2D eigenvalue weighted by Gasteiger charge is 2.28. The summed E-state index contributed by atoms with van der Waals surface area (Å²) in [5.41, 5.74) is 1.77. The van der Waals surface area contributed by atoms with E-state index in [0.717, 1.165) is 19.5 Å². The van der Waals surface area contributed by atoms with Gasteiger partial charge in [-0.3, -0.25) is 9.20 Å². The Morgan fingerprint density at radius 2 is 2.00 bits per heavy atom. The van der Waals surface area contributed by atoms with Gasteiger partial charge in [-0.05, 0) is 18.1 Å². The molecule has 2 aromatic heterocycles. The van der Waals surface area contributed by atoms with Gasteiger partial charge in [-0.25, -0.2) is 9.97 Å². The van der Waals surface area contributed by atoms with Gasteiger partial charge in [-0.1, -0.05) is 30.3 Å². The Hall–Kier alpha value is -2.69. The Morgan fingerprint density at radius 3 is 2.86 bits per heavy atom. The van der Waals surface area contributed by atoms with Crippen LogP contribution in [0.15, 0.2) is 55.0 Å². The van der Waals surface area contributed by atoms with Gasteiger partial charge in [-0.2, -0.15) is 0 Å². The van der Waals surface area contributed by atoms with Gasteiger partial charge in [0.1, 0.15) is 5.69 Å². The third-order valence-corrected chi connectivity index (χ3v) is 4.23. The summed E-state index contributed by atoms with van der Waals surface area (Å²) < 4.78 is 1.80. The minimum Gasteiger partial charge on any atom is -0.337 e. The van der Waals surface area contributed by atoms with E-state index < -0.39 is 0 Å². The number of rotatable bonds is 2. The third kappa shape index (κ3) is 2.24. The predicted octanol–water partition coefficient (Wildman–Crippen LogP) is 2.36. The molecule has 1 aliphatic heterocycles. The molecule has 0 radical (unpaired) electrons. The van der Waals surface area contributed by atoms with Gasteiger partial charge < -0.3 is 4.90 Å². The zero-order valence-electron chi connectivity index (χ0n) is 12.1. The van der Waals surface area contributed by atoms with Gasteiger partial charge in [0.2, 0.25) is 5.78 Å². The van der Waals surface area contributed by atoms with Crippen LogP contribution in [-0.4, -0.2) is 38.3 Å². The summed E-state index contributed by atoms with van der Waals surface area (Å²) in [6.45, 7) is 1.53. The van der Waals surface area contributed by atoms with Crippen molar-refractivity contribution < 1.29 is 4.79 Å². The zero-order chi connectivity index (χ0) is 14.9. The molecule has 22 heavy (non-hydrogen) atoms. The number of fused-ring (bicyclic) bond motifs is 1. The van der Waals surface area contributed by atoms with E-state index in [2.05, 4.69) is 22.1 Å². The molecule has 0 spiro atoms. The number of carbonyl (C=O) groups excluding carboxylic acids is 1. The van der Waals surface area contributed by atoms with Crippen LogP contribution in [0, 0.1) is 0 Å². The van der Waals surface area contributed by atoms with E-state index in [4.69, 9.17) is 0 Å². The van der Waals surface area contributed by atoms with Gasteiger partial charge >= 0.3 is 0 Å². The molecule has 1 unspecified atom stereocenters. The van der Waals surface area contributed by atoms with Crippen LogP contribution in [0.2, 0.25) is 0 Å². The Balaban J connectivity index is 1.54. The molecule has 1 aromatic carbocycles. The van der Waals surface area contributed by atoms with E-state index in [1.807, 2.05) is 35.5 Å². The number of nitrogens with zero attached hydrogens (tertiary/aromatic N) is 4. The zero-order valence-corrected chi connectivity index (χ0v) is 12.1. The second-order valence-corrected chi connectivity index (χ2v) is 5.59. The summed E-state index contributed by atoms with van der Waals surface area (Å²) in [4.78, 5) is 23.0. The van der Waals surface area contributed by atoms with Gasteiger partial charge in [0.05, 0.1) is 0 Å². The van der Waals surface area contributed by atoms with Crippen molar-refractivity contribution in [2.45, 2.75) is 12.3 Å². The number of aromatic nitrogens is 3. The lowest BCUT2D eigenvalue weighted by molar-refractivity contribution is 0.0785. The maximum Gasteiger partial charge on any atom is 0.272 e. The highest BCUT2D eigenvalue weighted by Crippen LogP contribution is 2.27. The molecule has 3 aromatic rings. The molecular weight excluding hydrogens is 276 g/mol. The number of benzene rings is 1. The Bertz CT molecular complexity index is 812. The standard InChI is InChI=1S/C17H16N4O/c22-16(15-7-10-20-11-8-18-17(20)19-15)21-9-6-14(12-21)13-4-2-1-3-5-13/h1-5,7-8,10-11,14H,6,9,12H2. The number of carbonyl (C=O) groups is 1. The fourth-order valence-electron chi connectivity index (χ4n) is 3.03. The molecule has 0 aliphatic carbocycles. The van der Waals surface area contributed by atoms with Crippen LogP contribution in [0.1, 0.15) is 28.4 Å². The van der Waals surface area contributed by atoms with Gasteiger partial charge in [-0.15, -0.1) is 0 Å². The molecule has 5 heteroatoms. The quantitative estimate of drug-likeness (QED) is 0.728. The van der Waals surface area contributed by atoms with Crippen molar-refractivity contribution in [2.75, 3.05) is 13.1 Å². The first-order chi connectivity index (χ1) is 10.8. The highest BCUT2D eigenvalue weighted by atomic mass is 16.2. The minimum absolute atomic E-state index is 0.0102. The summed E-state index contributed by atoms with van der Waals surface area (Å²) >= 11 is 0. The molecule has 1 atom stereocenters. The fraction of sp³-hybridized carbons (Fsp3) is 0.235. The van der Waals surface area contributed by atoms with Crippen LogP contribution >= 0.6 is 0 Å². The summed E-state index contributed by atoms with van der Waals surface area (Å²) in [5.74, 6) is 0.967. The second kappa shape index (κ2) is 5.26. The lowest BCUT2D eigenvalue weighted by Gasteiger charge is -2.16. The van der Waals surface area contributed by atoms with Crippen molar-refractivity contribution >= 4 is 11.7 Å². The smallest absolute Gasteiger partial charge is 0.272 e. The Morgan fingerprint density at radius 1 is 1.14 bits per heavy atom. The fourth-order valence-corrected chi connectivity index (χ4v) is 3.03. The summed E-state index contributed by atoms with van der Waals surface area (Å²) in [6, 6.07) is 12.1. The summed E-state index contributed by atoms with van der Waals surface area (Å²) in [6.07, 6.45) is 6.32. The maximum absolute atomic E-state index is 12.6. The maximum atomic E-state index is 12.6. The van der Waals surface area contributed by atoms with E-state index in [0.29, 0.717) is 17.4 Å². The number of amides is 1. The van der Waals surface area contributed by atoms with Crippen LogP contribution in [0.5, 0.6) is 0 Å². The summed E-state index contributed by atoms with van der Waals surface area (Å²) in [5, 5.41) is 0. The van der Waals surface area contributed by atoms with Crippen LogP contribution in [0.4, 0.5) is 0 Å². The first-order valence-corrected chi connectivity index (χ1v) is 7.45. The van der Waals surface area contributed by atoms with Crippen LogP contribution in [0.25, 0.3) is 5.78 Å². The molecule has 0 bridgehead atoms. The second-order valence-electron chi connectivity index (χ2n) is 5.59. The molecule has 4 rings (SSSR count). The first-order valence-electron chi connectivity index (χ1n) is 7.45. The minimum atomic E-state index is -0.0102. The lowest BCUT2D eigenvalue weighted by atomic mass is 9.99. The van der Waals surface area contributed by atoms with Crippen molar-refractivity contribution in [3.05, 3.63) is 66.2 Å². The van der Waals surface area contributed by atoms with E-state index in [1.165, 1.54) is 5.56 Å². The topological polar surface area (TPSA) is 50.5 Å². The van der Waals surface area contributed by atoms with Crippen molar-refractivity contribution in [1.29, 1.82) is 0 Å². The molecule has 1 aliphatic rings. The third-order valence-electron chi connectivity index (χ3n) is 4.23. The van der Waals surface area contributed by atoms with E-state index >= 15 is 0 Å². The number of likely N-dealkylation sites (tertiary alicyclic amines) is 1. The van der Waals surface area contributed by atoms with Crippen molar-refractivity contribution in [1.82, 2.24) is 19.3 Å².